The van der Waals surface area contributed by atoms with Gasteiger partial charge in [-0.05, 0) is 31.4 Å². The lowest BCUT2D eigenvalue weighted by atomic mass is 10.3. The van der Waals surface area contributed by atoms with Crippen LogP contribution >= 0.6 is 11.3 Å². The van der Waals surface area contributed by atoms with Crippen molar-refractivity contribution in [2.75, 3.05) is 11.9 Å². The summed E-state index contributed by atoms with van der Waals surface area (Å²) in [6.07, 6.45) is 1.48. The van der Waals surface area contributed by atoms with Crippen LogP contribution in [0.2, 0.25) is 0 Å². The molecule has 0 aliphatic rings. The minimum absolute atomic E-state index is 0.120. The van der Waals surface area contributed by atoms with E-state index in [1.807, 2.05) is 25.3 Å². The van der Waals surface area contributed by atoms with Crippen LogP contribution in [0.25, 0.3) is 10.2 Å². The highest BCUT2D eigenvalue weighted by Crippen LogP contribution is 2.28. The summed E-state index contributed by atoms with van der Waals surface area (Å²) in [7, 11) is 1.73. The first-order valence-corrected chi connectivity index (χ1v) is 7.50. The van der Waals surface area contributed by atoms with Crippen molar-refractivity contribution in [3.8, 4) is 0 Å². The van der Waals surface area contributed by atoms with Crippen LogP contribution in [-0.2, 0) is 6.54 Å². The zero-order valence-electron chi connectivity index (χ0n) is 12.1. The summed E-state index contributed by atoms with van der Waals surface area (Å²) < 4.78 is 2.62. The highest BCUT2D eigenvalue weighted by molar-refractivity contribution is 7.17. The predicted octanol–water partition coefficient (Wildman–Crippen LogP) is 2.49. The van der Waals surface area contributed by atoms with Gasteiger partial charge in [-0.1, -0.05) is 0 Å². The van der Waals surface area contributed by atoms with Gasteiger partial charge >= 0.3 is 0 Å². The number of aromatic nitrogens is 4. The van der Waals surface area contributed by atoms with Crippen LogP contribution < -0.4 is 4.90 Å². The van der Waals surface area contributed by atoms with E-state index >= 15 is 0 Å². The Hall–Kier alpha value is -2.28. The van der Waals surface area contributed by atoms with Gasteiger partial charge in [0.05, 0.1) is 15.9 Å². The molecule has 0 aliphatic heterocycles. The standard InChI is InChI=1S/C14H15N5OS/c1-4-19-11(7-9(2)17-19)14(20)18(3)13-12-10(5-6-21-12)15-8-16-13/h5-8H,4H2,1-3H3. The number of carbonyl (C=O) groups is 1. The maximum atomic E-state index is 12.7. The molecule has 1 amide bonds. The van der Waals surface area contributed by atoms with Crippen LogP contribution in [0.1, 0.15) is 23.1 Å². The van der Waals surface area contributed by atoms with Crippen molar-refractivity contribution in [1.82, 2.24) is 19.7 Å². The molecule has 0 unspecified atom stereocenters. The number of hydrogen-bond donors (Lipinski definition) is 0. The lowest BCUT2D eigenvalue weighted by molar-refractivity contribution is 0.0982. The Morgan fingerprint density at radius 3 is 3.00 bits per heavy atom. The molecule has 0 N–H and O–H groups in total. The lowest BCUT2D eigenvalue weighted by Crippen LogP contribution is -2.29. The van der Waals surface area contributed by atoms with Gasteiger partial charge in [-0.3, -0.25) is 14.4 Å². The molecule has 0 spiro atoms. The van der Waals surface area contributed by atoms with Crippen LogP contribution in [0, 0.1) is 6.92 Å². The maximum absolute atomic E-state index is 12.7. The summed E-state index contributed by atoms with van der Waals surface area (Å²) in [5.74, 6) is 0.507. The van der Waals surface area contributed by atoms with E-state index in [0.717, 1.165) is 15.9 Å². The van der Waals surface area contributed by atoms with Gasteiger partial charge in [0.25, 0.3) is 5.91 Å². The zero-order chi connectivity index (χ0) is 15.0. The number of rotatable bonds is 3. The molecule has 6 nitrogen and oxygen atoms in total. The Balaban J connectivity index is 2.03. The van der Waals surface area contributed by atoms with Crippen molar-refractivity contribution in [1.29, 1.82) is 0 Å². The quantitative estimate of drug-likeness (QED) is 0.745. The Morgan fingerprint density at radius 1 is 1.43 bits per heavy atom. The number of hydrogen-bond acceptors (Lipinski definition) is 5. The van der Waals surface area contributed by atoms with Gasteiger partial charge in [0, 0.05) is 13.6 Å². The molecule has 0 radical (unpaired) electrons. The van der Waals surface area contributed by atoms with Crippen LogP contribution in [0.3, 0.4) is 0 Å². The molecule has 0 aromatic carbocycles. The van der Waals surface area contributed by atoms with Crippen LogP contribution in [0.4, 0.5) is 5.82 Å². The smallest absolute Gasteiger partial charge is 0.277 e. The number of aryl methyl sites for hydroxylation is 2. The molecule has 7 heteroatoms. The number of thiophene rings is 1. The second-order valence-corrected chi connectivity index (χ2v) is 5.60. The molecule has 0 bridgehead atoms. The summed E-state index contributed by atoms with van der Waals surface area (Å²) in [5.41, 5.74) is 2.25. The third-order valence-electron chi connectivity index (χ3n) is 3.27. The fourth-order valence-corrected chi connectivity index (χ4v) is 3.11. The Labute approximate surface area is 126 Å². The average Bonchev–Trinajstić information content (AvgIpc) is 3.11. The molecule has 21 heavy (non-hydrogen) atoms. The first-order valence-electron chi connectivity index (χ1n) is 6.62. The second-order valence-electron chi connectivity index (χ2n) is 4.68. The molecular weight excluding hydrogens is 286 g/mol. The first kappa shape index (κ1) is 13.7. The van der Waals surface area contributed by atoms with Crippen molar-refractivity contribution in [2.24, 2.45) is 0 Å². The van der Waals surface area contributed by atoms with E-state index in [0.29, 0.717) is 18.1 Å². The fraction of sp³-hybridized carbons (Fsp3) is 0.286. The fourth-order valence-electron chi connectivity index (χ4n) is 2.24. The predicted molar refractivity (Wildman–Crippen MR) is 82.8 cm³/mol. The van der Waals surface area contributed by atoms with Crippen molar-refractivity contribution in [3.05, 3.63) is 35.2 Å². The number of amides is 1. The highest BCUT2D eigenvalue weighted by Gasteiger charge is 2.21. The molecule has 0 fully saturated rings. The van der Waals surface area contributed by atoms with Gasteiger partial charge < -0.3 is 0 Å². The Bertz CT molecular complexity index is 807. The van der Waals surface area contributed by atoms with Crippen molar-refractivity contribution < 1.29 is 4.79 Å². The van der Waals surface area contributed by atoms with Crippen LogP contribution in [0.15, 0.2) is 23.8 Å². The largest absolute Gasteiger partial charge is 0.293 e. The van der Waals surface area contributed by atoms with E-state index in [9.17, 15) is 4.79 Å². The molecule has 3 heterocycles. The maximum Gasteiger partial charge on any atom is 0.277 e. The Morgan fingerprint density at radius 2 is 2.24 bits per heavy atom. The van der Waals surface area contributed by atoms with Gasteiger partial charge in [-0.2, -0.15) is 5.10 Å². The van der Waals surface area contributed by atoms with Crippen molar-refractivity contribution in [3.63, 3.8) is 0 Å². The SMILES string of the molecule is CCn1nc(C)cc1C(=O)N(C)c1ncnc2ccsc12. The van der Waals surface area contributed by atoms with Crippen molar-refractivity contribution >= 4 is 33.3 Å². The van der Waals surface area contributed by atoms with E-state index < -0.39 is 0 Å². The minimum Gasteiger partial charge on any atom is -0.293 e. The van der Waals surface area contributed by atoms with Gasteiger partial charge in [0.15, 0.2) is 5.82 Å². The molecule has 0 saturated carbocycles. The summed E-state index contributed by atoms with van der Waals surface area (Å²) >= 11 is 1.53. The normalized spacial score (nSPS) is 11.0. The van der Waals surface area contributed by atoms with Crippen LogP contribution in [-0.4, -0.2) is 32.7 Å². The molecule has 0 aliphatic carbocycles. The number of carbonyl (C=O) groups excluding carboxylic acids is 1. The second kappa shape index (κ2) is 5.25. The summed E-state index contributed by atoms with van der Waals surface area (Å²) in [6.45, 7) is 4.50. The summed E-state index contributed by atoms with van der Waals surface area (Å²) in [4.78, 5) is 22.7. The third-order valence-corrected chi connectivity index (χ3v) is 4.17. The molecule has 3 aromatic rings. The molecule has 0 saturated heterocycles. The summed E-state index contributed by atoms with van der Waals surface area (Å²) in [5, 5.41) is 6.26. The third kappa shape index (κ3) is 2.29. The lowest BCUT2D eigenvalue weighted by Gasteiger charge is -2.16. The van der Waals surface area contributed by atoms with Gasteiger partial charge in [-0.15, -0.1) is 11.3 Å². The van der Waals surface area contributed by atoms with Gasteiger partial charge in [0.1, 0.15) is 12.0 Å². The van der Waals surface area contributed by atoms with Crippen molar-refractivity contribution in [2.45, 2.75) is 20.4 Å². The Kier molecular flexibility index (Phi) is 3.42. The van der Waals surface area contributed by atoms with E-state index in [-0.39, 0.29) is 5.91 Å². The summed E-state index contributed by atoms with van der Waals surface area (Å²) in [6, 6.07) is 3.72. The highest BCUT2D eigenvalue weighted by atomic mass is 32.1. The van der Waals surface area contributed by atoms with Gasteiger partial charge in [-0.25, -0.2) is 9.97 Å². The monoisotopic (exact) mass is 301 g/mol. The van der Waals surface area contributed by atoms with E-state index in [1.54, 1.807) is 22.7 Å². The number of fused-ring (bicyclic) bond motifs is 1. The molecule has 108 valence electrons. The zero-order valence-corrected chi connectivity index (χ0v) is 12.9. The average molecular weight is 301 g/mol. The van der Waals surface area contributed by atoms with E-state index in [1.165, 1.54) is 17.7 Å². The first-order chi connectivity index (χ1) is 10.1. The molecule has 3 rings (SSSR count). The van der Waals surface area contributed by atoms with E-state index in [2.05, 4.69) is 15.1 Å². The van der Waals surface area contributed by atoms with Crippen LogP contribution in [0.5, 0.6) is 0 Å². The number of anilines is 1. The topological polar surface area (TPSA) is 63.9 Å². The number of nitrogens with zero attached hydrogens (tertiary/aromatic N) is 5. The molecule has 3 aromatic heterocycles. The molecule has 0 atom stereocenters. The van der Waals surface area contributed by atoms with Gasteiger partial charge in [0.2, 0.25) is 0 Å². The van der Waals surface area contributed by atoms with E-state index in [4.69, 9.17) is 0 Å². The minimum atomic E-state index is -0.120. The molecular formula is C14H15N5OS.